The van der Waals surface area contributed by atoms with Gasteiger partial charge in [-0.1, -0.05) is 75.5 Å². The Morgan fingerprint density at radius 2 is 1.82 bits per heavy atom. The van der Waals surface area contributed by atoms with Crippen molar-refractivity contribution in [1.29, 1.82) is 0 Å². The van der Waals surface area contributed by atoms with Gasteiger partial charge in [-0.15, -0.1) is 0 Å². The number of aliphatic imine (C=N–C) groups is 1. The number of carbonyl (C=O) groups excluding carboxylic acids is 1. The van der Waals surface area contributed by atoms with Crippen molar-refractivity contribution >= 4 is 84.6 Å². The highest BCUT2D eigenvalue weighted by Gasteiger charge is 2.25. The predicted octanol–water partition coefficient (Wildman–Crippen LogP) is 7.96. The Balaban J connectivity index is 1.52. The number of nitrogens with one attached hydrogen (secondary N) is 1. The summed E-state index contributed by atoms with van der Waals surface area (Å²) in [5, 5.41) is 5.18. The van der Waals surface area contributed by atoms with Crippen molar-refractivity contribution in [2.45, 2.75) is 13.5 Å². The molecule has 1 amide bonds. The zero-order chi connectivity index (χ0) is 23.8. The van der Waals surface area contributed by atoms with E-state index in [-0.39, 0.29) is 5.91 Å². The minimum Gasteiger partial charge on any atom is -0.340 e. The van der Waals surface area contributed by atoms with Gasteiger partial charge in [0.25, 0.3) is 5.91 Å². The summed E-state index contributed by atoms with van der Waals surface area (Å²) >= 11 is 17.1. The Bertz CT molecular complexity index is 1490. The third kappa shape index (κ3) is 4.56. The van der Waals surface area contributed by atoms with Gasteiger partial charge in [-0.05, 0) is 60.7 Å². The molecule has 1 N–H and O–H groups in total. The van der Waals surface area contributed by atoms with Crippen LogP contribution in [-0.4, -0.2) is 15.6 Å². The average molecular weight is 571 g/mol. The number of para-hydroxylation sites is 1. The second-order valence-electron chi connectivity index (χ2n) is 7.78. The molecule has 0 saturated carbocycles. The highest BCUT2D eigenvalue weighted by molar-refractivity contribution is 9.10. The monoisotopic (exact) mass is 569 g/mol. The molecule has 0 atom stereocenters. The number of hydrogen-bond acceptors (Lipinski definition) is 3. The van der Waals surface area contributed by atoms with Gasteiger partial charge in [0.2, 0.25) is 0 Å². The number of hydrogen-bond donors (Lipinski definition) is 1. The van der Waals surface area contributed by atoms with Crippen LogP contribution < -0.4 is 5.32 Å². The number of fused-ring (bicyclic) bond motifs is 1. The molecule has 0 aliphatic carbocycles. The molecular formula is C26H18BrCl2N3OS. The molecule has 1 aliphatic rings. The SMILES string of the molecule is Cc1c(/C=C2\SC(=Nc3cccc(Cl)c3Cl)NC2=O)c2ccccc2n1Cc1ccc(Br)cc1. The summed E-state index contributed by atoms with van der Waals surface area (Å²) in [5.41, 5.74) is 4.95. The number of rotatable bonds is 4. The summed E-state index contributed by atoms with van der Waals surface area (Å²) < 4.78 is 3.33. The Hall–Kier alpha value is -2.51. The number of aromatic nitrogens is 1. The van der Waals surface area contributed by atoms with Gasteiger partial charge < -0.3 is 9.88 Å². The van der Waals surface area contributed by atoms with Gasteiger partial charge in [-0.25, -0.2) is 4.99 Å². The van der Waals surface area contributed by atoms with Gasteiger partial charge in [-0.2, -0.15) is 0 Å². The second-order valence-corrected chi connectivity index (χ2v) is 10.5. The van der Waals surface area contributed by atoms with Crippen LogP contribution in [0.5, 0.6) is 0 Å². The van der Waals surface area contributed by atoms with Gasteiger partial charge in [0.15, 0.2) is 5.17 Å². The van der Waals surface area contributed by atoms with Gasteiger partial charge in [0.05, 0.1) is 20.6 Å². The second kappa shape index (κ2) is 9.62. The van der Waals surface area contributed by atoms with E-state index in [1.807, 2.05) is 30.3 Å². The van der Waals surface area contributed by atoms with E-state index < -0.39 is 0 Å². The van der Waals surface area contributed by atoms with E-state index in [1.54, 1.807) is 18.2 Å². The van der Waals surface area contributed by atoms with Crippen LogP contribution in [0.25, 0.3) is 17.0 Å². The van der Waals surface area contributed by atoms with Crippen molar-refractivity contribution < 1.29 is 4.79 Å². The van der Waals surface area contributed by atoms with Crippen molar-refractivity contribution in [2.24, 2.45) is 4.99 Å². The van der Waals surface area contributed by atoms with E-state index in [0.717, 1.165) is 33.2 Å². The number of nitrogens with zero attached hydrogens (tertiary/aromatic N) is 2. The van der Waals surface area contributed by atoms with E-state index in [9.17, 15) is 4.79 Å². The van der Waals surface area contributed by atoms with Crippen LogP contribution in [0.15, 0.2) is 81.1 Å². The lowest BCUT2D eigenvalue weighted by molar-refractivity contribution is -0.115. The topological polar surface area (TPSA) is 46.4 Å². The van der Waals surface area contributed by atoms with Gasteiger partial charge in [-0.3, -0.25) is 4.79 Å². The van der Waals surface area contributed by atoms with Crippen LogP contribution in [0.2, 0.25) is 10.0 Å². The van der Waals surface area contributed by atoms with Crippen LogP contribution in [0.4, 0.5) is 5.69 Å². The van der Waals surface area contributed by atoms with Crippen LogP contribution in [0.3, 0.4) is 0 Å². The summed E-state index contributed by atoms with van der Waals surface area (Å²) in [5.74, 6) is -0.189. The maximum atomic E-state index is 12.8. The van der Waals surface area contributed by atoms with E-state index >= 15 is 0 Å². The largest absolute Gasteiger partial charge is 0.340 e. The van der Waals surface area contributed by atoms with Crippen LogP contribution in [0.1, 0.15) is 16.8 Å². The molecule has 1 aliphatic heterocycles. The van der Waals surface area contributed by atoms with Crippen molar-refractivity contribution in [3.05, 3.63) is 103 Å². The molecular weight excluding hydrogens is 553 g/mol. The van der Waals surface area contributed by atoms with Crippen molar-refractivity contribution in [3.8, 4) is 0 Å². The first-order valence-electron chi connectivity index (χ1n) is 10.5. The normalized spacial score (nSPS) is 16.1. The Kier molecular flexibility index (Phi) is 6.58. The third-order valence-corrected chi connectivity index (χ3v) is 7.86. The van der Waals surface area contributed by atoms with E-state index in [1.165, 1.54) is 17.3 Å². The zero-order valence-corrected chi connectivity index (χ0v) is 21.9. The Labute approximate surface area is 219 Å². The van der Waals surface area contributed by atoms with Gasteiger partial charge in [0.1, 0.15) is 0 Å². The molecule has 4 nitrogen and oxygen atoms in total. The van der Waals surface area contributed by atoms with Crippen LogP contribution in [0, 0.1) is 6.92 Å². The van der Waals surface area contributed by atoms with E-state index in [2.05, 4.69) is 62.0 Å². The molecule has 5 rings (SSSR count). The molecule has 0 radical (unpaired) electrons. The predicted molar refractivity (Wildman–Crippen MR) is 147 cm³/mol. The summed E-state index contributed by atoms with van der Waals surface area (Å²) in [6.07, 6.45) is 1.94. The summed E-state index contributed by atoms with van der Waals surface area (Å²) in [7, 11) is 0. The molecule has 1 aromatic heterocycles. The van der Waals surface area contributed by atoms with Crippen molar-refractivity contribution in [3.63, 3.8) is 0 Å². The molecule has 2 heterocycles. The maximum Gasteiger partial charge on any atom is 0.264 e. The molecule has 34 heavy (non-hydrogen) atoms. The lowest BCUT2D eigenvalue weighted by Crippen LogP contribution is -2.19. The number of amides is 1. The molecule has 8 heteroatoms. The quantitative estimate of drug-likeness (QED) is 0.253. The summed E-state index contributed by atoms with van der Waals surface area (Å²) in [4.78, 5) is 17.8. The number of thioether (sulfide) groups is 1. The highest BCUT2D eigenvalue weighted by atomic mass is 79.9. The molecule has 1 fully saturated rings. The fraction of sp³-hybridized carbons (Fsp3) is 0.0769. The first-order chi connectivity index (χ1) is 16.4. The first kappa shape index (κ1) is 23.2. The van der Waals surface area contributed by atoms with Gasteiger partial charge >= 0.3 is 0 Å². The molecule has 0 bridgehead atoms. The number of benzene rings is 3. The Morgan fingerprint density at radius 1 is 1.06 bits per heavy atom. The lowest BCUT2D eigenvalue weighted by Gasteiger charge is -2.09. The fourth-order valence-electron chi connectivity index (χ4n) is 3.92. The third-order valence-electron chi connectivity index (χ3n) is 5.61. The summed E-state index contributed by atoms with van der Waals surface area (Å²) in [6.45, 7) is 2.83. The fourth-order valence-corrected chi connectivity index (χ4v) is 5.33. The van der Waals surface area contributed by atoms with E-state index in [4.69, 9.17) is 23.2 Å². The molecule has 3 aromatic carbocycles. The van der Waals surface area contributed by atoms with Gasteiger partial charge in [0, 0.05) is 33.2 Å². The number of amidine groups is 1. The average Bonchev–Trinajstić information content (AvgIpc) is 3.30. The molecule has 1 saturated heterocycles. The lowest BCUT2D eigenvalue weighted by atomic mass is 10.1. The maximum absolute atomic E-state index is 12.8. The van der Waals surface area contributed by atoms with Crippen molar-refractivity contribution in [2.75, 3.05) is 0 Å². The smallest absolute Gasteiger partial charge is 0.264 e. The first-order valence-corrected chi connectivity index (χ1v) is 12.8. The molecule has 170 valence electrons. The molecule has 4 aromatic rings. The molecule has 0 unspecified atom stereocenters. The summed E-state index contributed by atoms with van der Waals surface area (Å²) in [6, 6.07) is 21.8. The van der Waals surface area contributed by atoms with Crippen molar-refractivity contribution in [1.82, 2.24) is 9.88 Å². The minimum atomic E-state index is -0.189. The van der Waals surface area contributed by atoms with Crippen LogP contribution in [-0.2, 0) is 11.3 Å². The van der Waals surface area contributed by atoms with E-state index in [0.29, 0.717) is 25.8 Å². The number of carbonyl (C=O) groups is 1. The minimum absolute atomic E-state index is 0.189. The Morgan fingerprint density at radius 3 is 2.62 bits per heavy atom. The highest BCUT2D eigenvalue weighted by Crippen LogP contribution is 2.36. The zero-order valence-electron chi connectivity index (χ0n) is 18.0. The molecule has 0 spiro atoms. The number of halogens is 3. The standard InChI is InChI=1S/C26H18BrCl2N3OS/c1-15-19(13-23-25(33)31-26(34-23)30-21-7-4-6-20(28)24(21)29)18-5-2-3-8-22(18)32(15)14-16-9-11-17(27)12-10-16/h2-13H,14H2,1H3,(H,30,31,33)/b23-13-. The van der Waals surface area contributed by atoms with Crippen LogP contribution >= 0.6 is 50.9 Å².